The van der Waals surface area contributed by atoms with Gasteiger partial charge in [-0.25, -0.2) is 0 Å². The maximum atomic E-state index is 5.95. The van der Waals surface area contributed by atoms with Gasteiger partial charge in [0.1, 0.15) is 0 Å². The quantitative estimate of drug-likeness (QED) is 0.726. The second kappa shape index (κ2) is 7.15. The highest BCUT2D eigenvalue weighted by molar-refractivity contribution is 5.50. The van der Waals surface area contributed by atoms with E-state index in [1.54, 1.807) is 12.4 Å². The third-order valence-electron chi connectivity index (χ3n) is 4.71. The Morgan fingerprint density at radius 3 is 2.88 bits per heavy atom. The molecule has 0 spiro atoms. The largest absolute Gasteiger partial charge is 0.420 e. The van der Waals surface area contributed by atoms with Crippen LogP contribution in [0.5, 0.6) is 0 Å². The van der Waals surface area contributed by atoms with Crippen molar-refractivity contribution in [2.24, 2.45) is 0 Å². The summed E-state index contributed by atoms with van der Waals surface area (Å²) in [4.78, 5) is 6.51. The number of hydrogen-bond donors (Lipinski definition) is 0. The molecule has 0 aliphatic carbocycles. The molecule has 0 unspecified atom stereocenters. The van der Waals surface area contributed by atoms with E-state index < -0.39 is 0 Å². The highest BCUT2D eigenvalue weighted by Gasteiger charge is 2.26. The molecule has 25 heavy (non-hydrogen) atoms. The van der Waals surface area contributed by atoms with Crippen molar-refractivity contribution in [2.75, 3.05) is 13.1 Å². The van der Waals surface area contributed by atoms with Gasteiger partial charge < -0.3 is 4.42 Å². The Morgan fingerprint density at radius 2 is 2.04 bits per heavy atom. The molecule has 1 aliphatic rings. The number of hydrogen-bond acceptors (Lipinski definition) is 5. The van der Waals surface area contributed by atoms with Crippen molar-refractivity contribution in [3.8, 4) is 11.5 Å². The van der Waals surface area contributed by atoms with Gasteiger partial charge in [0.2, 0.25) is 11.8 Å². The lowest BCUT2D eigenvalue weighted by Crippen LogP contribution is -2.34. The lowest BCUT2D eigenvalue weighted by molar-refractivity contribution is 0.186. The van der Waals surface area contributed by atoms with Gasteiger partial charge in [0.05, 0.1) is 5.92 Å². The fourth-order valence-electron chi connectivity index (χ4n) is 3.48. The van der Waals surface area contributed by atoms with Crippen molar-refractivity contribution in [1.29, 1.82) is 0 Å². The minimum absolute atomic E-state index is 0.307. The van der Waals surface area contributed by atoms with Crippen molar-refractivity contribution < 1.29 is 4.42 Å². The summed E-state index contributed by atoms with van der Waals surface area (Å²) in [6, 6.07) is 12.5. The molecule has 4 rings (SSSR count). The smallest absolute Gasteiger partial charge is 0.247 e. The monoisotopic (exact) mass is 334 g/mol. The number of aryl methyl sites for hydroxylation is 1. The molecule has 5 nitrogen and oxygen atoms in total. The normalized spacial score (nSPS) is 18.4. The van der Waals surface area contributed by atoms with E-state index in [1.807, 2.05) is 12.1 Å². The molecule has 128 valence electrons. The van der Waals surface area contributed by atoms with Gasteiger partial charge in [-0.2, -0.15) is 0 Å². The molecule has 0 amide bonds. The van der Waals surface area contributed by atoms with Gasteiger partial charge in [0, 0.05) is 31.0 Å². The number of pyridine rings is 1. The molecule has 1 saturated heterocycles. The van der Waals surface area contributed by atoms with E-state index in [-0.39, 0.29) is 0 Å². The van der Waals surface area contributed by atoms with Crippen LogP contribution in [0, 0.1) is 6.92 Å². The van der Waals surface area contributed by atoms with Crippen molar-refractivity contribution in [3.05, 3.63) is 65.8 Å². The Balaban J connectivity index is 1.45. The number of piperidine rings is 1. The zero-order chi connectivity index (χ0) is 17.1. The van der Waals surface area contributed by atoms with Crippen LogP contribution in [-0.2, 0) is 6.54 Å². The Hall–Kier alpha value is -2.53. The molecule has 1 atom stereocenters. The summed E-state index contributed by atoms with van der Waals surface area (Å²) in [6.45, 7) is 5.20. The minimum atomic E-state index is 0.307. The highest BCUT2D eigenvalue weighted by Crippen LogP contribution is 2.29. The van der Waals surface area contributed by atoms with Gasteiger partial charge in [-0.15, -0.1) is 10.2 Å². The lowest BCUT2D eigenvalue weighted by atomic mass is 9.97. The number of rotatable bonds is 4. The van der Waals surface area contributed by atoms with Gasteiger partial charge >= 0.3 is 0 Å². The van der Waals surface area contributed by atoms with Gasteiger partial charge in [-0.1, -0.05) is 29.8 Å². The van der Waals surface area contributed by atoms with E-state index in [4.69, 9.17) is 4.42 Å². The van der Waals surface area contributed by atoms with Crippen molar-refractivity contribution >= 4 is 0 Å². The number of nitrogens with zero attached hydrogens (tertiary/aromatic N) is 4. The molecular weight excluding hydrogens is 312 g/mol. The van der Waals surface area contributed by atoms with Crippen LogP contribution in [0.15, 0.2) is 53.2 Å². The number of likely N-dealkylation sites (tertiary alicyclic amines) is 1. The van der Waals surface area contributed by atoms with E-state index in [0.717, 1.165) is 43.9 Å². The molecule has 1 fully saturated rings. The molecule has 3 aromatic rings. The van der Waals surface area contributed by atoms with Crippen LogP contribution in [0.25, 0.3) is 11.5 Å². The van der Waals surface area contributed by atoms with Crippen molar-refractivity contribution in [2.45, 2.75) is 32.2 Å². The summed E-state index contributed by atoms with van der Waals surface area (Å²) < 4.78 is 5.95. The second-order valence-electron chi connectivity index (χ2n) is 6.74. The van der Waals surface area contributed by atoms with Crippen molar-refractivity contribution in [3.63, 3.8) is 0 Å². The summed E-state index contributed by atoms with van der Waals surface area (Å²) in [5.74, 6) is 1.63. The van der Waals surface area contributed by atoms with Crippen molar-refractivity contribution in [1.82, 2.24) is 20.1 Å². The fourth-order valence-corrected chi connectivity index (χ4v) is 3.48. The molecule has 2 aromatic heterocycles. The maximum Gasteiger partial charge on any atom is 0.247 e. The van der Waals surface area contributed by atoms with Crippen LogP contribution in [-0.4, -0.2) is 33.2 Å². The zero-order valence-electron chi connectivity index (χ0n) is 14.4. The van der Waals surface area contributed by atoms with E-state index in [9.17, 15) is 0 Å². The summed E-state index contributed by atoms with van der Waals surface area (Å²) in [5.41, 5.74) is 3.59. The SMILES string of the molecule is Cc1cccc(CN2CCC[C@@H](c3nnc(-c4ccncc4)o3)C2)c1. The summed E-state index contributed by atoms with van der Waals surface area (Å²) in [5, 5.41) is 8.53. The number of benzene rings is 1. The third kappa shape index (κ3) is 3.77. The molecule has 3 heterocycles. The third-order valence-corrected chi connectivity index (χ3v) is 4.71. The predicted octanol–water partition coefficient (Wildman–Crippen LogP) is 3.82. The number of aromatic nitrogens is 3. The van der Waals surface area contributed by atoms with E-state index in [0.29, 0.717) is 11.8 Å². The molecule has 1 aromatic carbocycles. The standard InChI is InChI=1S/C20H22N4O/c1-15-4-2-5-16(12-15)13-24-11-3-6-18(14-24)20-23-22-19(25-20)17-7-9-21-10-8-17/h2,4-5,7-10,12,18H,3,6,11,13-14H2,1H3/t18-/m1/s1. The maximum absolute atomic E-state index is 5.95. The first-order valence-corrected chi connectivity index (χ1v) is 8.79. The first kappa shape index (κ1) is 16.0. The Morgan fingerprint density at radius 1 is 1.16 bits per heavy atom. The van der Waals surface area contributed by atoms with E-state index >= 15 is 0 Å². The van der Waals surface area contributed by atoms with Gasteiger partial charge in [-0.05, 0) is 44.0 Å². The van der Waals surface area contributed by atoms with Crippen LogP contribution < -0.4 is 0 Å². The van der Waals surface area contributed by atoms with E-state index in [2.05, 4.69) is 51.3 Å². The molecule has 1 aliphatic heterocycles. The second-order valence-corrected chi connectivity index (χ2v) is 6.74. The van der Waals surface area contributed by atoms with Crippen LogP contribution in [0.1, 0.15) is 35.8 Å². The van der Waals surface area contributed by atoms with Crippen LogP contribution in [0.3, 0.4) is 0 Å². The average molecular weight is 334 g/mol. The zero-order valence-corrected chi connectivity index (χ0v) is 14.4. The Kier molecular flexibility index (Phi) is 4.57. The highest BCUT2D eigenvalue weighted by atomic mass is 16.4. The fraction of sp³-hybridized carbons (Fsp3) is 0.350. The predicted molar refractivity (Wildman–Crippen MR) is 96.0 cm³/mol. The molecular formula is C20H22N4O. The Labute approximate surface area is 147 Å². The molecule has 5 heteroatoms. The topological polar surface area (TPSA) is 55.1 Å². The Bertz CT molecular complexity index is 830. The summed E-state index contributed by atoms with van der Waals surface area (Å²) in [7, 11) is 0. The van der Waals surface area contributed by atoms with Crippen LogP contribution in [0.2, 0.25) is 0 Å². The van der Waals surface area contributed by atoms with Gasteiger partial charge in [0.15, 0.2) is 0 Å². The van der Waals surface area contributed by atoms with Gasteiger partial charge in [0.25, 0.3) is 0 Å². The van der Waals surface area contributed by atoms with E-state index in [1.165, 1.54) is 11.1 Å². The molecule has 0 N–H and O–H groups in total. The first-order chi connectivity index (χ1) is 12.3. The average Bonchev–Trinajstić information content (AvgIpc) is 3.13. The van der Waals surface area contributed by atoms with Crippen LogP contribution in [0.4, 0.5) is 0 Å². The summed E-state index contributed by atoms with van der Waals surface area (Å²) >= 11 is 0. The summed E-state index contributed by atoms with van der Waals surface area (Å²) in [6.07, 6.45) is 5.73. The minimum Gasteiger partial charge on any atom is -0.420 e. The first-order valence-electron chi connectivity index (χ1n) is 8.79. The van der Waals surface area contributed by atoms with Crippen LogP contribution >= 0.6 is 0 Å². The molecule has 0 radical (unpaired) electrons. The van der Waals surface area contributed by atoms with Gasteiger partial charge in [-0.3, -0.25) is 9.88 Å². The molecule has 0 bridgehead atoms. The lowest BCUT2D eigenvalue weighted by Gasteiger charge is -2.31. The molecule has 0 saturated carbocycles.